The monoisotopic (exact) mass is 438 g/mol. The van der Waals surface area contributed by atoms with Gasteiger partial charge in [0.1, 0.15) is 0 Å². The number of morpholine rings is 1. The molecular weight excluding hydrogens is 403 g/mol. The number of hydrogen-bond donors (Lipinski definition) is 2. The molecule has 1 aliphatic carbocycles. The van der Waals surface area contributed by atoms with Crippen molar-refractivity contribution in [3.8, 4) is 0 Å². The van der Waals surface area contributed by atoms with Gasteiger partial charge in [0, 0.05) is 39.3 Å². The molecule has 0 radical (unpaired) electrons. The van der Waals surface area contributed by atoms with Crippen LogP contribution in [0.3, 0.4) is 0 Å². The molecule has 1 aliphatic heterocycles. The molecule has 2 fully saturated rings. The first-order chi connectivity index (χ1) is 10.8. The first-order valence-electron chi connectivity index (χ1n) is 9.12. The zero-order valence-electron chi connectivity index (χ0n) is 14.9. The predicted octanol–water partition coefficient (Wildman–Crippen LogP) is 2.32. The van der Waals surface area contributed by atoms with Crippen molar-refractivity contribution < 1.29 is 4.74 Å². The van der Waals surface area contributed by atoms with Crippen molar-refractivity contribution in [2.24, 2.45) is 16.8 Å². The molecule has 0 aromatic heterocycles. The Morgan fingerprint density at radius 2 is 1.91 bits per heavy atom. The Kier molecular flexibility index (Phi) is 11.2. The van der Waals surface area contributed by atoms with Crippen molar-refractivity contribution in [3.63, 3.8) is 0 Å². The molecule has 2 unspecified atom stereocenters. The second kappa shape index (κ2) is 12.3. The summed E-state index contributed by atoms with van der Waals surface area (Å²) in [6, 6.07) is 0. The zero-order valence-corrected chi connectivity index (χ0v) is 17.2. The van der Waals surface area contributed by atoms with Gasteiger partial charge in [0.25, 0.3) is 0 Å². The minimum absolute atomic E-state index is 0. The van der Waals surface area contributed by atoms with E-state index in [-0.39, 0.29) is 24.0 Å². The van der Waals surface area contributed by atoms with Crippen molar-refractivity contribution >= 4 is 29.9 Å². The summed E-state index contributed by atoms with van der Waals surface area (Å²) >= 11 is 0. The maximum Gasteiger partial charge on any atom is 0.191 e. The Hall–Kier alpha value is -0.0800. The minimum Gasteiger partial charge on any atom is -0.379 e. The Bertz CT molecular complexity index is 335. The standard InChI is InChI=1S/C17H34N4O.HI/c1-3-18-17(19-8-9-21-10-12-22-13-11-21)20-14-16-7-5-4-6-15(16)2;/h15-16H,3-14H2,1-2H3,(H2,18,19,20);1H. The summed E-state index contributed by atoms with van der Waals surface area (Å²) in [5.74, 6) is 2.57. The number of guanidine groups is 1. The van der Waals surface area contributed by atoms with Crippen molar-refractivity contribution in [2.75, 3.05) is 52.5 Å². The summed E-state index contributed by atoms with van der Waals surface area (Å²) in [6.45, 7) is 12.3. The minimum atomic E-state index is 0. The molecule has 6 heteroatoms. The molecule has 2 atom stereocenters. The van der Waals surface area contributed by atoms with Gasteiger partial charge >= 0.3 is 0 Å². The Labute approximate surface area is 159 Å². The first-order valence-corrected chi connectivity index (χ1v) is 9.12. The fourth-order valence-electron chi connectivity index (χ4n) is 3.37. The van der Waals surface area contributed by atoms with Crippen LogP contribution in [0.2, 0.25) is 0 Å². The number of nitrogens with zero attached hydrogens (tertiary/aromatic N) is 2. The molecule has 0 amide bonds. The Morgan fingerprint density at radius 3 is 2.61 bits per heavy atom. The van der Waals surface area contributed by atoms with Crippen molar-refractivity contribution in [3.05, 3.63) is 0 Å². The summed E-state index contributed by atoms with van der Waals surface area (Å²) < 4.78 is 5.38. The van der Waals surface area contributed by atoms with E-state index >= 15 is 0 Å². The third-order valence-electron chi connectivity index (χ3n) is 4.94. The summed E-state index contributed by atoms with van der Waals surface area (Å²) in [7, 11) is 0. The lowest BCUT2D eigenvalue weighted by atomic mass is 9.80. The highest BCUT2D eigenvalue weighted by Crippen LogP contribution is 2.29. The number of rotatable bonds is 6. The summed E-state index contributed by atoms with van der Waals surface area (Å²) in [4.78, 5) is 7.27. The van der Waals surface area contributed by atoms with Gasteiger partial charge in [-0.05, 0) is 25.2 Å². The average Bonchev–Trinajstić information content (AvgIpc) is 2.55. The molecule has 1 saturated heterocycles. The number of ether oxygens (including phenoxy) is 1. The van der Waals surface area contributed by atoms with Gasteiger partial charge in [-0.1, -0.05) is 26.2 Å². The van der Waals surface area contributed by atoms with Gasteiger partial charge < -0.3 is 15.4 Å². The summed E-state index contributed by atoms with van der Waals surface area (Å²) in [6.07, 6.45) is 5.50. The normalized spacial score (nSPS) is 26.4. The second-order valence-corrected chi connectivity index (χ2v) is 6.62. The maximum atomic E-state index is 5.38. The SMILES string of the molecule is CCNC(=NCC1CCCCC1C)NCCN1CCOCC1.I. The highest BCUT2D eigenvalue weighted by Gasteiger charge is 2.20. The highest BCUT2D eigenvalue weighted by atomic mass is 127. The van der Waals surface area contributed by atoms with Gasteiger partial charge in [0.15, 0.2) is 5.96 Å². The van der Waals surface area contributed by atoms with Crippen molar-refractivity contribution in [2.45, 2.75) is 39.5 Å². The molecule has 1 heterocycles. The fourth-order valence-corrected chi connectivity index (χ4v) is 3.37. The van der Waals surface area contributed by atoms with E-state index in [2.05, 4.69) is 29.4 Å². The quantitative estimate of drug-likeness (QED) is 0.380. The third kappa shape index (κ3) is 8.03. The number of halogens is 1. The van der Waals surface area contributed by atoms with Gasteiger partial charge in [0.2, 0.25) is 0 Å². The molecule has 2 rings (SSSR count). The molecule has 0 aromatic rings. The van der Waals surface area contributed by atoms with Crippen LogP contribution in [0.25, 0.3) is 0 Å². The Morgan fingerprint density at radius 1 is 1.17 bits per heavy atom. The molecule has 0 bridgehead atoms. The third-order valence-corrected chi connectivity index (χ3v) is 4.94. The van der Waals surface area contributed by atoms with E-state index in [1.54, 1.807) is 0 Å². The lowest BCUT2D eigenvalue weighted by molar-refractivity contribution is 0.0389. The lowest BCUT2D eigenvalue weighted by Gasteiger charge is -2.28. The summed E-state index contributed by atoms with van der Waals surface area (Å²) in [5.41, 5.74) is 0. The van der Waals surface area contributed by atoms with Gasteiger partial charge in [-0.3, -0.25) is 9.89 Å². The van der Waals surface area contributed by atoms with Crippen LogP contribution in [0.1, 0.15) is 39.5 Å². The molecule has 136 valence electrons. The van der Waals surface area contributed by atoms with Crippen molar-refractivity contribution in [1.29, 1.82) is 0 Å². The van der Waals surface area contributed by atoms with Crippen LogP contribution in [0, 0.1) is 11.8 Å². The molecule has 0 aromatic carbocycles. The smallest absolute Gasteiger partial charge is 0.191 e. The zero-order chi connectivity index (χ0) is 15.6. The molecule has 1 saturated carbocycles. The topological polar surface area (TPSA) is 48.9 Å². The number of hydrogen-bond acceptors (Lipinski definition) is 3. The van der Waals surface area contributed by atoms with Crippen LogP contribution < -0.4 is 10.6 Å². The van der Waals surface area contributed by atoms with Crippen LogP contribution in [-0.2, 0) is 4.74 Å². The van der Waals surface area contributed by atoms with Crippen LogP contribution in [0.15, 0.2) is 4.99 Å². The van der Waals surface area contributed by atoms with Crippen LogP contribution >= 0.6 is 24.0 Å². The molecule has 2 aliphatic rings. The first kappa shape index (κ1) is 21.0. The molecule has 2 N–H and O–H groups in total. The van der Waals surface area contributed by atoms with E-state index in [1.807, 2.05) is 0 Å². The summed E-state index contributed by atoms with van der Waals surface area (Å²) in [5, 5.41) is 6.85. The highest BCUT2D eigenvalue weighted by molar-refractivity contribution is 14.0. The van der Waals surface area contributed by atoms with Gasteiger partial charge in [0.05, 0.1) is 13.2 Å². The maximum absolute atomic E-state index is 5.38. The van der Waals surface area contributed by atoms with E-state index in [9.17, 15) is 0 Å². The Balaban J connectivity index is 0.00000264. The predicted molar refractivity (Wildman–Crippen MR) is 108 cm³/mol. The largest absolute Gasteiger partial charge is 0.379 e. The van der Waals surface area contributed by atoms with E-state index in [1.165, 1.54) is 25.7 Å². The molecule has 23 heavy (non-hydrogen) atoms. The second-order valence-electron chi connectivity index (χ2n) is 6.62. The number of aliphatic imine (C=N–C) groups is 1. The van der Waals surface area contributed by atoms with Crippen molar-refractivity contribution in [1.82, 2.24) is 15.5 Å². The number of nitrogens with one attached hydrogen (secondary N) is 2. The van der Waals surface area contributed by atoms with E-state index in [0.29, 0.717) is 0 Å². The molecular formula is C17H35IN4O. The van der Waals surface area contributed by atoms with E-state index < -0.39 is 0 Å². The van der Waals surface area contributed by atoms with Gasteiger partial charge in [-0.2, -0.15) is 0 Å². The van der Waals surface area contributed by atoms with Gasteiger partial charge in [-0.15, -0.1) is 24.0 Å². The van der Waals surface area contributed by atoms with E-state index in [4.69, 9.17) is 9.73 Å². The van der Waals surface area contributed by atoms with Crippen LogP contribution in [0.5, 0.6) is 0 Å². The van der Waals surface area contributed by atoms with E-state index in [0.717, 1.165) is 70.3 Å². The fraction of sp³-hybridized carbons (Fsp3) is 0.941. The van der Waals surface area contributed by atoms with Crippen LogP contribution in [-0.4, -0.2) is 63.3 Å². The van der Waals surface area contributed by atoms with Crippen LogP contribution in [0.4, 0.5) is 0 Å². The van der Waals surface area contributed by atoms with Gasteiger partial charge in [-0.25, -0.2) is 0 Å². The lowest BCUT2D eigenvalue weighted by Crippen LogP contribution is -2.44. The molecule has 5 nitrogen and oxygen atoms in total. The molecule has 0 spiro atoms. The average molecular weight is 438 g/mol.